The van der Waals surface area contributed by atoms with Crippen LogP contribution in [0.2, 0.25) is 0 Å². The highest BCUT2D eigenvalue weighted by molar-refractivity contribution is 7.92. The van der Waals surface area contributed by atoms with Crippen molar-refractivity contribution in [1.82, 2.24) is 5.32 Å². The number of nitrogens with one attached hydrogen (secondary N) is 2. The van der Waals surface area contributed by atoms with Crippen LogP contribution in [0.1, 0.15) is 16.7 Å². The Kier molecular flexibility index (Phi) is 10.5. The number of aromatic hydroxyl groups is 1. The summed E-state index contributed by atoms with van der Waals surface area (Å²) < 4.78 is 49.7. The largest absolute Gasteiger partial charge is 0.506 e. The molecule has 0 aromatic heterocycles. The van der Waals surface area contributed by atoms with Crippen molar-refractivity contribution in [1.29, 1.82) is 0 Å². The predicted octanol–water partition coefficient (Wildman–Crippen LogP) is 4.91. The van der Waals surface area contributed by atoms with E-state index in [4.69, 9.17) is 9.47 Å². The monoisotopic (exact) mass is 608 g/mol. The molecular weight excluding hydrogens is 575 g/mol. The van der Waals surface area contributed by atoms with Gasteiger partial charge in [0.1, 0.15) is 30.0 Å². The molecule has 0 amide bonds. The molecular formula is C31H33N2O7PS. The van der Waals surface area contributed by atoms with Crippen LogP contribution in [0.15, 0.2) is 103 Å². The maximum Gasteiger partial charge on any atom is 0.238 e. The first-order valence-electron chi connectivity index (χ1n) is 13.2. The van der Waals surface area contributed by atoms with Crippen LogP contribution in [-0.4, -0.2) is 50.7 Å². The molecule has 0 aliphatic rings. The van der Waals surface area contributed by atoms with Gasteiger partial charge in [-0.15, -0.1) is 0 Å². The Bertz CT molecular complexity index is 1510. The molecule has 42 heavy (non-hydrogen) atoms. The highest BCUT2D eigenvalue weighted by atomic mass is 32.2. The van der Waals surface area contributed by atoms with E-state index in [1.807, 2.05) is 84.9 Å². The third kappa shape index (κ3) is 8.53. The summed E-state index contributed by atoms with van der Waals surface area (Å²) >= 11 is 0. The number of benzene rings is 4. The molecule has 220 valence electrons. The topological polar surface area (TPSA) is 134 Å². The van der Waals surface area contributed by atoms with E-state index in [0.717, 1.165) is 22.9 Å². The van der Waals surface area contributed by atoms with Gasteiger partial charge < -0.3 is 25.0 Å². The van der Waals surface area contributed by atoms with Gasteiger partial charge in [-0.3, -0.25) is 9.29 Å². The summed E-state index contributed by atoms with van der Waals surface area (Å²) in [6, 6.07) is 30.7. The molecule has 0 aliphatic carbocycles. The molecule has 4 aromatic carbocycles. The number of hydrogen-bond acceptors (Lipinski definition) is 8. The van der Waals surface area contributed by atoms with Gasteiger partial charge in [-0.1, -0.05) is 72.8 Å². The van der Waals surface area contributed by atoms with Gasteiger partial charge in [0.25, 0.3) is 0 Å². The summed E-state index contributed by atoms with van der Waals surface area (Å²) in [6.07, 6.45) is 0.875. The molecule has 0 fully saturated rings. The van der Waals surface area contributed by atoms with Crippen molar-refractivity contribution in [2.24, 2.45) is 0 Å². The average Bonchev–Trinajstić information content (AvgIpc) is 2.99. The molecule has 9 nitrogen and oxygen atoms in total. The van der Waals surface area contributed by atoms with Gasteiger partial charge in [-0.25, -0.2) is 8.42 Å². The molecule has 0 heterocycles. The zero-order chi connectivity index (χ0) is 30.0. The number of anilines is 1. The second kappa shape index (κ2) is 14.3. The van der Waals surface area contributed by atoms with Crippen molar-refractivity contribution >= 4 is 24.2 Å². The van der Waals surface area contributed by atoms with Gasteiger partial charge >= 0.3 is 0 Å². The van der Waals surface area contributed by atoms with E-state index in [1.165, 1.54) is 18.2 Å². The Morgan fingerprint density at radius 1 is 0.881 bits per heavy atom. The number of hydrogen-bond donors (Lipinski definition) is 4. The Hall–Kier alpha value is -3.95. The summed E-state index contributed by atoms with van der Waals surface area (Å²) in [7, 11) is -3.76. The lowest BCUT2D eigenvalue weighted by atomic mass is 10.0. The summed E-state index contributed by atoms with van der Waals surface area (Å²) in [5.41, 5.74) is 2.61. The molecule has 0 saturated carbocycles. The minimum atomic E-state index is -3.57. The molecule has 0 radical (unpaired) electrons. The Morgan fingerprint density at radius 3 is 2.05 bits per heavy atom. The number of phenolic OH excluding ortho intramolecular Hbond substituents is 1. The van der Waals surface area contributed by atoms with E-state index in [9.17, 15) is 23.2 Å². The van der Waals surface area contributed by atoms with Crippen LogP contribution in [0.25, 0.3) is 0 Å². The van der Waals surface area contributed by atoms with E-state index in [0.29, 0.717) is 24.5 Å². The fraction of sp³-hybridized carbons (Fsp3) is 0.226. The standard InChI is InChI=1S/C31H33N2O7PS/c1-42(37,38)33-29-20-28(16-17-30(29)35)39-22-26(34)21-32-19-18-23-12-14-27(15-13-23)40-31(41-36,24-8-4-2-5-9-24)25-10-6-3-7-11-25/h2-17,20,26,32-35H,18-19,21-22H2,1H3/t26-/m0/s1. The third-order valence-electron chi connectivity index (χ3n) is 6.32. The normalized spacial score (nSPS) is 12.5. The minimum Gasteiger partial charge on any atom is -0.506 e. The van der Waals surface area contributed by atoms with Crippen molar-refractivity contribution in [3.8, 4) is 17.2 Å². The zero-order valence-corrected chi connectivity index (χ0v) is 24.7. The quantitative estimate of drug-likeness (QED) is 0.0850. The molecule has 0 unspecified atom stereocenters. The van der Waals surface area contributed by atoms with Crippen LogP contribution in [0, 0.1) is 0 Å². The van der Waals surface area contributed by atoms with E-state index in [1.54, 1.807) is 0 Å². The van der Waals surface area contributed by atoms with E-state index in [2.05, 4.69) is 10.0 Å². The number of rotatable bonds is 15. The fourth-order valence-corrected chi connectivity index (χ4v) is 5.49. The first kappa shape index (κ1) is 31.0. The van der Waals surface area contributed by atoms with Crippen molar-refractivity contribution in [2.45, 2.75) is 17.9 Å². The SMILES string of the molecule is CS(=O)(=O)Nc1cc(OC[C@@H](O)CNCCc2ccc(OC(P=O)(c3ccccc3)c3ccccc3)cc2)ccc1O. The second-order valence-electron chi connectivity index (χ2n) is 9.69. The van der Waals surface area contributed by atoms with Crippen molar-refractivity contribution in [3.63, 3.8) is 0 Å². The molecule has 4 rings (SSSR count). The molecule has 0 saturated heterocycles. The minimum absolute atomic E-state index is 0.00235. The van der Waals surface area contributed by atoms with E-state index >= 15 is 0 Å². The van der Waals surface area contributed by atoms with Gasteiger partial charge in [-0.05, 0) is 42.8 Å². The molecule has 4 N–H and O–H groups in total. The van der Waals surface area contributed by atoms with E-state index in [-0.39, 0.29) is 33.0 Å². The van der Waals surface area contributed by atoms with Gasteiger partial charge in [0.2, 0.25) is 23.8 Å². The van der Waals surface area contributed by atoms with Crippen molar-refractivity contribution in [2.75, 3.05) is 30.7 Å². The van der Waals surface area contributed by atoms with Gasteiger partial charge in [0.15, 0.2) is 0 Å². The van der Waals surface area contributed by atoms with Crippen LogP contribution in [0.4, 0.5) is 5.69 Å². The Morgan fingerprint density at radius 2 is 1.48 bits per heavy atom. The van der Waals surface area contributed by atoms with Crippen LogP contribution in [0.3, 0.4) is 0 Å². The van der Waals surface area contributed by atoms with Crippen LogP contribution in [-0.2, 0) is 26.4 Å². The average molecular weight is 609 g/mol. The predicted molar refractivity (Wildman–Crippen MR) is 163 cm³/mol. The number of sulfonamides is 1. The van der Waals surface area contributed by atoms with Gasteiger partial charge in [0, 0.05) is 23.7 Å². The Labute approximate surface area is 247 Å². The highest BCUT2D eigenvalue weighted by Crippen LogP contribution is 2.43. The van der Waals surface area contributed by atoms with Gasteiger partial charge in [-0.2, -0.15) is 0 Å². The number of aliphatic hydroxyl groups is 1. The van der Waals surface area contributed by atoms with Crippen LogP contribution < -0.4 is 19.5 Å². The van der Waals surface area contributed by atoms with Gasteiger partial charge in [0.05, 0.1) is 11.9 Å². The second-order valence-corrected chi connectivity index (χ2v) is 12.2. The van der Waals surface area contributed by atoms with Crippen molar-refractivity contribution < 1.29 is 32.7 Å². The third-order valence-corrected chi connectivity index (χ3v) is 7.78. The maximum atomic E-state index is 12.6. The lowest BCUT2D eigenvalue weighted by Crippen LogP contribution is -2.32. The highest BCUT2D eigenvalue weighted by Gasteiger charge is 2.38. The molecule has 4 aromatic rings. The smallest absolute Gasteiger partial charge is 0.238 e. The fourth-order valence-electron chi connectivity index (χ4n) is 4.27. The summed E-state index contributed by atoms with van der Waals surface area (Å²) in [5, 5.41) is 22.1. The molecule has 1 atom stereocenters. The molecule has 0 bridgehead atoms. The first-order chi connectivity index (χ1) is 20.2. The number of aliphatic hydroxyl groups excluding tert-OH is 1. The lowest BCUT2D eigenvalue weighted by molar-refractivity contribution is 0.106. The summed E-state index contributed by atoms with van der Waals surface area (Å²) in [6.45, 7) is 0.870. The van der Waals surface area contributed by atoms with E-state index < -0.39 is 21.5 Å². The molecule has 0 aliphatic heterocycles. The Balaban J connectivity index is 1.28. The number of ether oxygens (including phenoxy) is 2. The molecule has 11 heteroatoms. The summed E-state index contributed by atoms with van der Waals surface area (Å²) in [4.78, 5) is 0. The molecule has 0 spiro atoms. The van der Waals surface area contributed by atoms with Crippen molar-refractivity contribution in [3.05, 3.63) is 120 Å². The number of phenols is 1. The maximum absolute atomic E-state index is 12.6. The van der Waals surface area contributed by atoms with Crippen LogP contribution in [0.5, 0.6) is 17.2 Å². The lowest BCUT2D eigenvalue weighted by Gasteiger charge is -2.29. The summed E-state index contributed by atoms with van der Waals surface area (Å²) in [5.74, 6) is 0.658. The zero-order valence-electron chi connectivity index (χ0n) is 23.0. The van der Waals surface area contributed by atoms with Crippen LogP contribution >= 0.6 is 8.46 Å². The first-order valence-corrected chi connectivity index (χ1v) is 15.9.